The maximum atomic E-state index is 6.02. The van der Waals surface area contributed by atoms with Crippen LogP contribution in [0.4, 0.5) is 11.8 Å². The molecule has 0 unspecified atom stereocenters. The summed E-state index contributed by atoms with van der Waals surface area (Å²) < 4.78 is 11.6. The Hall–Kier alpha value is -3.72. The first-order valence-corrected chi connectivity index (χ1v) is 8.82. The molecule has 3 rings (SSSR count). The monoisotopic (exact) mass is 374 g/mol. The maximum absolute atomic E-state index is 6.02. The quantitative estimate of drug-likeness (QED) is 0.671. The number of hydrogen-bond acceptors (Lipinski definition) is 6. The summed E-state index contributed by atoms with van der Waals surface area (Å²) >= 11 is 0. The van der Waals surface area contributed by atoms with E-state index in [1.165, 1.54) is 6.20 Å². The normalized spacial score (nSPS) is 10.3. The van der Waals surface area contributed by atoms with Gasteiger partial charge in [-0.1, -0.05) is 43.9 Å². The van der Waals surface area contributed by atoms with Crippen molar-refractivity contribution in [2.75, 3.05) is 18.6 Å². The van der Waals surface area contributed by atoms with E-state index in [1.54, 1.807) is 7.11 Å². The van der Waals surface area contributed by atoms with Crippen molar-refractivity contribution < 1.29 is 9.47 Å². The zero-order chi connectivity index (χ0) is 20.1. The van der Waals surface area contributed by atoms with Crippen molar-refractivity contribution in [3.63, 3.8) is 0 Å². The van der Waals surface area contributed by atoms with Crippen LogP contribution in [-0.4, -0.2) is 17.1 Å². The van der Waals surface area contributed by atoms with E-state index < -0.39 is 0 Å². The van der Waals surface area contributed by atoms with Crippen LogP contribution >= 0.6 is 0 Å². The van der Waals surface area contributed by atoms with Gasteiger partial charge in [0.05, 0.1) is 18.9 Å². The molecule has 0 spiro atoms. The smallest absolute Gasteiger partial charge is 0.222 e. The summed E-state index contributed by atoms with van der Waals surface area (Å²) in [6.45, 7) is 4.14. The van der Waals surface area contributed by atoms with E-state index in [0.717, 1.165) is 11.1 Å². The van der Waals surface area contributed by atoms with Gasteiger partial charge < -0.3 is 20.9 Å². The summed E-state index contributed by atoms with van der Waals surface area (Å²) in [5, 5.41) is 0. The number of nitrogens with zero attached hydrogens (tertiary/aromatic N) is 2. The van der Waals surface area contributed by atoms with Crippen LogP contribution in [0.1, 0.15) is 36.5 Å². The number of rotatable bonds is 4. The first-order chi connectivity index (χ1) is 13.5. The SMILES string of the molecule is COc1cc(C(C)C)c(Oc2cnc(N)nc2N)cc1C#Cc1ccccc1. The Bertz CT molecular complexity index is 1040. The van der Waals surface area contributed by atoms with E-state index in [1.807, 2.05) is 42.5 Å². The predicted octanol–water partition coefficient (Wildman–Crippen LogP) is 3.97. The van der Waals surface area contributed by atoms with E-state index in [2.05, 4.69) is 35.7 Å². The largest absolute Gasteiger partial charge is 0.495 e. The van der Waals surface area contributed by atoms with Crippen molar-refractivity contribution in [2.45, 2.75) is 19.8 Å². The third kappa shape index (κ3) is 4.33. The van der Waals surface area contributed by atoms with Crippen molar-refractivity contribution >= 4 is 11.8 Å². The number of nitrogens with two attached hydrogens (primary N) is 2. The average molecular weight is 374 g/mol. The molecule has 0 atom stereocenters. The second-order valence-electron chi connectivity index (χ2n) is 6.44. The van der Waals surface area contributed by atoms with Crippen LogP contribution < -0.4 is 20.9 Å². The minimum atomic E-state index is 0.0954. The van der Waals surface area contributed by atoms with Gasteiger partial charge in [-0.25, -0.2) is 4.98 Å². The molecule has 6 heteroatoms. The number of anilines is 2. The highest BCUT2D eigenvalue weighted by molar-refractivity contribution is 5.58. The summed E-state index contributed by atoms with van der Waals surface area (Å²) in [6, 6.07) is 13.5. The Kier molecular flexibility index (Phi) is 5.66. The van der Waals surface area contributed by atoms with Crippen molar-refractivity contribution in [2.24, 2.45) is 0 Å². The average Bonchev–Trinajstić information content (AvgIpc) is 2.69. The Balaban J connectivity index is 2.06. The molecule has 0 radical (unpaired) electrons. The first-order valence-electron chi connectivity index (χ1n) is 8.82. The summed E-state index contributed by atoms with van der Waals surface area (Å²) in [4.78, 5) is 7.89. The molecular weight excluding hydrogens is 352 g/mol. The molecule has 28 heavy (non-hydrogen) atoms. The number of ether oxygens (including phenoxy) is 2. The molecule has 6 nitrogen and oxygen atoms in total. The Morgan fingerprint density at radius 1 is 0.964 bits per heavy atom. The van der Waals surface area contributed by atoms with E-state index in [9.17, 15) is 0 Å². The predicted molar refractivity (Wildman–Crippen MR) is 110 cm³/mol. The Labute approximate surface area is 164 Å². The van der Waals surface area contributed by atoms with Crippen LogP contribution in [0, 0.1) is 11.8 Å². The van der Waals surface area contributed by atoms with Gasteiger partial charge in [0.15, 0.2) is 11.6 Å². The molecule has 2 aromatic carbocycles. The van der Waals surface area contributed by atoms with Gasteiger partial charge in [-0.2, -0.15) is 4.98 Å². The summed E-state index contributed by atoms with van der Waals surface area (Å²) in [5.41, 5.74) is 14.1. The first kappa shape index (κ1) is 19.1. The van der Waals surface area contributed by atoms with Crippen molar-refractivity contribution in [1.82, 2.24) is 9.97 Å². The molecule has 0 saturated heterocycles. The molecule has 0 fully saturated rings. The summed E-state index contributed by atoms with van der Waals surface area (Å²) in [7, 11) is 1.62. The molecule has 0 saturated carbocycles. The lowest BCUT2D eigenvalue weighted by Gasteiger charge is -2.17. The van der Waals surface area contributed by atoms with Crippen LogP contribution in [0.5, 0.6) is 17.2 Å². The highest BCUT2D eigenvalue weighted by atomic mass is 16.5. The van der Waals surface area contributed by atoms with Crippen LogP contribution in [0.15, 0.2) is 48.7 Å². The molecule has 1 heterocycles. The molecule has 0 aliphatic heterocycles. The Morgan fingerprint density at radius 3 is 2.36 bits per heavy atom. The fourth-order valence-electron chi connectivity index (χ4n) is 2.64. The standard InChI is InChI=1S/C22H22N4O2/c1-14(2)17-12-18(27-3)16(10-9-15-7-5-4-6-8-15)11-19(17)28-20-13-25-22(24)26-21(20)23/h4-8,11-14H,1-3H3,(H4,23,24,25,26). The number of methoxy groups -OCH3 is 1. The van der Waals surface area contributed by atoms with Gasteiger partial charge in [-0.3, -0.25) is 0 Å². The Morgan fingerprint density at radius 2 is 1.71 bits per heavy atom. The minimum absolute atomic E-state index is 0.0954. The molecule has 3 aromatic rings. The molecular formula is C22H22N4O2. The van der Waals surface area contributed by atoms with E-state index in [-0.39, 0.29) is 17.7 Å². The zero-order valence-corrected chi connectivity index (χ0v) is 16.1. The second-order valence-corrected chi connectivity index (χ2v) is 6.44. The molecule has 4 N–H and O–H groups in total. The van der Waals surface area contributed by atoms with Gasteiger partial charge in [-0.05, 0) is 24.1 Å². The lowest BCUT2D eigenvalue weighted by atomic mass is 9.99. The molecule has 0 aliphatic carbocycles. The molecule has 0 aliphatic rings. The molecule has 0 amide bonds. The van der Waals surface area contributed by atoms with Crippen LogP contribution in [0.2, 0.25) is 0 Å². The topological polar surface area (TPSA) is 96.3 Å². The van der Waals surface area contributed by atoms with Crippen molar-refractivity contribution in [3.8, 4) is 29.1 Å². The lowest BCUT2D eigenvalue weighted by molar-refractivity contribution is 0.409. The fourth-order valence-corrected chi connectivity index (χ4v) is 2.64. The van der Waals surface area contributed by atoms with Gasteiger partial charge in [-0.15, -0.1) is 0 Å². The lowest BCUT2D eigenvalue weighted by Crippen LogP contribution is -2.03. The molecule has 0 bridgehead atoms. The number of nitrogen functional groups attached to an aromatic ring is 2. The van der Waals surface area contributed by atoms with Crippen LogP contribution in [0.25, 0.3) is 0 Å². The van der Waals surface area contributed by atoms with Gasteiger partial charge in [0.2, 0.25) is 5.95 Å². The highest BCUT2D eigenvalue weighted by Crippen LogP contribution is 2.37. The minimum Gasteiger partial charge on any atom is -0.495 e. The molecule has 1 aromatic heterocycles. The zero-order valence-electron chi connectivity index (χ0n) is 16.1. The third-order valence-corrected chi connectivity index (χ3v) is 4.09. The van der Waals surface area contributed by atoms with Gasteiger partial charge in [0.25, 0.3) is 0 Å². The highest BCUT2D eigenvalue weighted by Gasteiger charge is 2.16. The fraction of sp³-hybridized carbons (Fsp3) is 0.182. The van der Waals surface area contributed by atoms with Gasteiger partial charge in [0.1, 0.15) is 11.5 Å². The van der Waals surface area contributed by atoms with E-state index in [0.29, 0.717) is 22.8 Å². The van der Waals surface area contributed by atoms with E-state index in [4.69, 9.17) is 20.9 Å². The molecule has 142 valence electrons. The third-order valence-electron chi connectivity index (χ3n) is 4.09. The second kappa shape index (κ2) is 8.31. The van der Waals surface area contributed by atoms with Crippen molar-refractivity contribution in [3.05, 3.63) is 65.4 Å². The maximum Gasteiger partial charge on any atom is 0.222 e. The summed E-state index contributed by atoms with van der Waals surface area (Å²) in [6.07, 6.45) is 1.46. The number of benzene rings is 2. The van der Waals surface area contributed by atoms with Crippen LogP contribution in [0.3, 0.4) is 0 Å². The van der Waals surface area contributed by atoms with Crippen LogP contribution in [-0.2, 0) is 0 Å². The summed E-state index contributed by atoms with van der Waals surface area (Å²) in [5.74, 6) is 8.40. The number of aromatic nitrogens is 2. The van der Waals surface area contributed by atoms with E-state index >= 15 is 0 Å². The number of hydrogen-bond donors (Lipinski definition) is 2. The van der Waals surface area contributed by atoms with Crippen molar-refractivity contribution in [1.29, 1.82) is 0 Å². The van der Waals surface area contributed by atoms with Gasteiger partial charge >= 0.3 is 0 Å². The van der Waals surface area contributed by atoms with Gasteiger partial charge in [0, 0.05) is 17.2 Å².